The lowest BCUT2D eigenvalue weighted by Crippen LogP contribution is -1.97. The second-order valence-electron chi connectivity index (χ2n) is 3.68. The largest absolute Gasteiger partial charge is 0.436 e. The standard InChI is InChI=1S/C12H13ClN2OS/c1-7-8(2)16-12(15-7)17-11-5-10(13)4-3-9(11)6-14/h3-5H,6,14H2,1-2H3. The van der Waals surface area contributed by atoms with Crippen LogP contribution in [0.15, 0.2) is 32.7 Å². The van der Waals surface area contributed by atoms with Crippen LogP contribution in [0.1, 0.15) is 17.0 Å². The summed E-state index contributed by atoms with van der Waals surface area (Å²) in [6.45, 7) is 4.29. The fourth-order valence-electron chi connectivity index (χ4n) is 1.37. The van der Waals surface area contributed by atoms with E-state index in [-0.39, 0.29) is 0 Å². The van der Waals surface area contributed by atoms with Crippen molar-refractivity contribution < 1.29 is 4.42 Å². The molecule has 1 aromatic carbocycles. The number of benzene rings is 1. The molecule has 0 amide bonds. The second-order valence-corrected chi connectivity index (χ2v) is 5.11. The Morgan fingerprint density at radius 2 is 2.18 bits per heavy atom. The molecule has 0 aliphatic rings. The van der Waals surface area contributed by atoms with E-state index in [4.69, 9.17) is 21.8 Å². The summed E-state index contributed by atoms with van der Waals surface area (Å²) in [5.41, 5.74) is 7.62. The van der Waals surface area contributed by atoms with E-state index in [1.807, 2.05) is 32.0 Å². The van der Waals surface area contributed by atoms with Crippen LogP contribution in [0.25, 0.3) is 0 Å². The molecule has 3 nitrogen and oxygen atoms in total. The topological polar surface area (TPSA) is 52.0 Å². The molecule has 5 heteroatoms. The van der Waals surface area contributed by atoms with E-state index in [1.54, 1.807) is 0 Å². The van der Waals surface area contributed by atoms with Crippen LogP contribution >= 0.6 is 23.4 Å². The van der Waals surface area contributed by atoms with Crippen molar-refractivity contribution in [2.75, 3.05) is 0 Å². The predicted octanol–water partition coefficient (Wildman–Crippen LogP) is 3.55. The zero-order valence-corrected chi connectivity index (χ0v) is 11.2. The van der Waals surface area contributed by atoms with Crippen LogP contribution in [0.5, 0.6) is 0 Å². The number of nitrogens with zero attached hydrogens (tertiary/aromatic N) is 1. The first kappa shape index (κ1) is 12.5. The van der Waals surface area contributed by atoms with E-state index in [2.05, 4.69) is 4.98 Å². The maximum atomic E-state index is 5.97. The highest BCUT2D eigenvalue weighted by atomic mass is 35.5. The molecule has 2 rings (SSSR count). The van der Waals surface area contributed by atoms with Gasteiger partial charge in [0, 0.05) is 16.5 Å². The summed E-state index contributed by atoms with van der Waals surface area (Å²) < 4.78 is 5.53. The first-order chi connectivity index (χ1) is 8.10. The van der Waals surface area contributed by atoms with Gasteiger partial charge in [-0.05, 0) is 43.3 Å². The molecule has 0 atom stereocenters. The molecule has 0 saturated carbocycles. The lowest BCUT2D eigenvalue weighted by atomic mass is 10.2. The number of hydrogen-bond acceptors (Lipinski definition) is 4. The molecular formula is C12H13ClN2OS. The summed E-state index contributed by atoms with van der Waals surface area (Å²) in [6.07, 6.45) is 0. The van der Waals surface area contributed by atoms with E-state index in [0.29, 0.717) is 16.8 Å². The van der Waals surface area contributed by atoms with Crippen molar-refractivity contribution in [1.29, 1.82) is 0 Å². The third-order valence-electron chi connectivity index (χ3n) is 2.46. The molecule has 0 unspecified atom stereocenters. The highest BCUT2D eigenvalue weighted by Crippen LogP contribution is 2.32. The monoisotopic (exact) mass is 268 g/mol. The SMILES string of the molecule is Cc1nc(Sc2cc(Cl)ccc2CN)oc1C. The van der Waals surface area contributed by atoms with Crippen molar-refractivity contribution in [1.82, 2.24) is 4.98 Å². The van der Waals surface area contributed by atoms with Gasteiger partial charge in [-0.15, -0.1) is 0 Å². The van der Waals surface area contributed by atoms with E-state index < -0.39 is 0 Å². The quantitative estimate of drug-likeness (QED) is 0.925. The second kappa shape index (κ2) is 5.12. The molecule has 0 radical (unpaired) electrons. The molecule has 1 heterocycles. The molecule has 1 aromatic heterocycles. The van der Waals surface area contributed by atoms with Crippen LogP contribution in [0.2, 0.25) is 5.02 Å². The van der Waals surface area contributed by atoms with Crippen molar-refractivity contribution in [2.45, 2.75) is 30.5 Å². The average molecular weight is 269 g/mol. The predicted molar refractivity (Wildman–Crippen MR) is 69.4 cm³/mol. The fourth-order valence-corrected chi connectivity index (χ4v) is 2.62. The van der Waals surface area contributed by atoms with Crippen molar-refractivity contribution in [3.05, 3.63) is 40.2 Å². The van der Waals surface area contributed by atoms with Gasteiger partial charge in [-0.2, -0.15) is 0 Å². The summed E-state index contributed by atoms with van der Waals surface area (Å²) in [4.78, 5) is 5.31. The van der Waals surface area contributed by atoms with E-state index in [1.165, 1.54) is 11.8 Å². The molecule has 0 spiro atoms. The highest BCUT2D eigenvalue weighted by molar-refractivity contribution is 7.99. The zero-order valence-electron chi connectivity index (χ0n) is 9.66. The Balaban J connectivity index is 2.31. The molecular weight excluding hydrogens is 256 g/mol. The minimum absolute atomic E-state index is 0.470. The lowest BCUT2D eigenvalue weighted by Gasteiger charge is -2.05. The smallest absolute Gasteiger partial charge is 0.261 e. The number of nitrogens with two attached hydrogens (primary N) is 1. The molecule has 0 fully saturated rings. The highest BCUT2D eigenvalue weighted by Gasteiger charge is 2.10. The first-order valence-electron chi connectivity index (χ1n) is 5.20. The van der Waals surface area contributed by atoms with Crippen molar-refractivity contribution in [2.24, 2.45) is 5.73 Å². The average Bonchev–Trinajstić information content (AvgIpc) is 2.58. The zero-order chi connectivity index (χ0) is 12.4. The van der Waals surface area contributed by atoms with Crippen molar-refractivity contribution >= 4 is 23.4 Å². The molecule has 90 valence electrons. The minimum Gasteiger partial charge on any atom is -0.436 e. The molecule has 0 aliphatic heterocycles. The Kier molecular flexibility index (Phi) is 3.76. The number of oxazole rings is 1. The third-order valence-corrected chi connectivity index (χ3v) is 3.64. The van der Waals surface area contributed by atoms with Gasteiger partial charge in [0.2, 0.25) is 0 Å². The summed E-state index contributed by atoms with van der Waals surface area (Å²) in [5, 5.41) is 1.31. The van der Waals surface area contributed by atoms with Gasteiger partial charge < -0.3 is 10.2 Å². The Morgan fingerprint density at radius 1 is 1.41 bits per heavy atom. The first-order valence-corrected chi connectivity index (χ1v) is 6.40. The Hall–Kier alpha value is -0.970. The maximum Gasteiger partial charge on any atom is 0.261 e. The number of aryl methyl sites for hydroxylation is 2. The molecule has 2 N–H and O–H groups in total. The summed E-state index contributed by atoms with van der Waals surface area (Å²) in [5.74, 6) is 0.837. The number of hydrogen-bond donors (Lipinski definition) is 1. The molecule has 0 bridgehead atoms. The van der Waals surface area contributed by atoms with Crippen LogP contribution in [0.4, 0.5) is 0 Å². The Morgan fingerprint density at radius 3 is 2.76 bits per heavy atom. The van der Waals surface area contributed by atoms with Gasteiger partial charge in [-0.3, -0.25) is 0 Å². The van der Waals surface area contributed by atoms with Crippen LogP contribution in [-0.2, 0) is 6.54 Å². The number of rotatable bonds is 3. The number of halogens is 1. The van der Waals surface area contributed by atoms with Crippen molar-refractivity contribution in [3.63, 3.8) is 0 Å². The minimum atomic E-state index is 0.470. The van der Waals surface area contributed by atoms with Gasteiger partial charge in [-0.25, -0.2) is 4.98 Å². The van der Waals surface area contributed by atoms with Crippen molar-refractivity contribution in [3.8, 4) is 0 Å². The van der Waals surface area contributed by atoms with Gasteiger partial charge in [0.25, 0.3) is 5.22 Å². The summed E-state index contributed by atoms with van der Waals surface area (Å²) in [6, 6.07) is 5.64. The molecule has 2 aromatic rings. The maximum absolute atomic E-state index is 5.97. The lowest BCUT2D eigenvalue weighted by molar-refractivity contribution is 0.431. The van der Waals surface area contributed by atoms with Gasteiger partial charge in [0.1, 0.15) is 5.76 Å². The fraction of sp³-hybridized carbons (Fsp3) is 0.250. The van der Waals surface area contributed by atoms with Gasteiger partial charge in [-0.1, -0.05) is 17.7 Å². The van der Waals surface area contributed by atoms with Crippen LogP contribution in [-0.4, -0.2) is 4.98 Å². The van der Waals surface area contributed by atoms with Gasteiger partial charge >= 0.3 is 0 Å². The molecule has 0 saturated heterocycles. The van der Waals surface area contributed by atoms with Crippen LogP contribution in [0.3, 0.4) is 0 Å². The van der Waals surface area contributed by atoms with Crippen LogP contribution < -0.4 is 5.73 Å². The van der Waals surface area contributed by atoms with E-state index in [9.17, 15) is 0 Å². The Labute approximate surface area is 109 Å². The van der Waals surface area contributed by atoms with Gasteiger partial charge in [0.15, 0.2) is 0 Å². The Bertz CT molecular complexity index is 520. The van der Waals surface area contributed by atoms with Crippen LogP contribution in [0, 0.1) is 13.8 Å². The third kappa shape index (κ3) is 2.83. The number of aromatic nitrogens is 1. The summed E-state index contributed by atoms with van der Waals surface area (Å²) in [7, 11) is 0. The summed E-state index contributed by atoms with van der Waals surface area (Å²) >= 11 is 7.42. The normalized spacial score (nSPS) is 10.8. The van der Waals surface area contributed by atoms with Gasteiger partial charge in [0.05, 0.1) is 5.69 Å². The molecule has 0 aliphatic carbocycles. The van der Waals surface area contributed by atoms with E-state index in [0.717, 1.165) is 21.9 Å². The van der Waals surface area contributed by atoms with E-state index >= 15 is 0 Å². The molecule has 17 heavy (non-hydrogen) atoms.